The van der Waals surface area contributed by atoms with Crippen molar-refractivity contribution in [3.05, 3.63) is 63.4 Å². The number of rotatable bonds is 5. The summed E-state index contributed by atoms with van der Waals surface area (Å²) in [5.41, 5.74) is -0.0282. The van der Waals surface area contributed by atoms with E-state index < -0.39 is 11.7 Å². The van der Waals surface area contributed by atoms with Crippen LogP contribution in [-0.4, -0.2) is 25.4 Å². The Hall–Kier alpha value is -2.01. The van der Waals surface area contributed by atoms with Gasteiger partial charge in [0.15, 0.2) is 5.82 Å². The quantitative estimate of drug-likeness (QED) is 0.435. The Morgan fingerprint density at radius 1 is 1.18 bits per heavy atom. The smallest absolute Gasteiger partial charge is 0.277 e. The van der Waals surface area contributed by atoms with E-state index in [1.165, 1.54) is 22.9 Å². The average molecular weight is 450 g/mol. The number of alkyl halides is 3. The summed E-state index contributed by atoms with van der Waals surface area (Å²) in [5.74, 6) is 0.497. The lowest BCUT2D eigenvalue weighted by Crippen LogP contribution is -2.12. The van der Waals surface area contributed by atoms with Crippen LogP contribution in [0.4, 0.5) is 18.9 Å². The second-order valence-corrected chi connectivity index (χ2v) is 7.49. The minimum Gasteiger partial charge on any atom is -0.277 e. The first kappa shape index (κ1) is 20.7. The second kappa shape index (κ2) is 8.16. The van der Waals surface area contributed by atoms with Crippen molar-refractivity contribution in [3.8, 4) is 0 Å². The van der Waals surface area contributed by atoms with Crippen molar-refractivity contribution in [2.45, 2.75) is 17.5 Å². The summed E-state index contributed by atoms with van der Waals surface area (Å²) in [5, 5.41) is 22.1. The molecule has 1 N–H and O–H groups in total. The molecule has 28 heavy (non-hydrogen) atoms. The molecule has 0 aliphatic heterocycles. The Kier molecular flexibility index (Phi) is 6.04. The van der Waals surface area contributed by atoms with Gasteiger partial charge in [0.1, 0.15) is 0 Å². The van der Waals surface area contributed by atoms with E-state index in [0.29, 0.717) is 23.3 Å². The molecule has 0 bridgehead atoms. The Labute approximate surface area is 171 Å². The van der Waals surface area contributed by atoms with Crippen LogP contribution in [0.5, 0.6) is 0 Å². The van der Waals surface area contributed by atoms with E-state index in [-0.39, 0.29) is 27.0 Å². The molecule has 3 rings (SSSR count). The van der Waals surface area contributed by atoms with Gasteiger partial charge in [-0.2, -0.15) is 17.6 Å². The van der Waals surface area contributed by atoms with Crippen LogP contribution >= 0.6 is 35.1 Å². The Morgan fingerprint density at radius 2 is 1.89 bits per heavy atom. The lowest BCUT2D eigenvalue weighted by atomic mass is 10.1. The summed E-state index contributed by atoms with van der Waals surface area (Å²) in [6.07, 6.45) is -4.26. The van der Waals surface area contributed by atoms with E-state index in [9.17, 15) is 18.4 Å². The summed E-state index contributed by atoms with van der Waals surface area (Å²) >= 11 is 12.8. The number of benzene rings is 2. The van der Waals surface area contributed by atoms with Crippen molar-refractivity contribution >= 4 is 40.8 Å². The van der Waals surface area contributed by atoms with Crippen molar-refractivity contribution < 1.29 is 18.4 Å². The molecular formula is C16H12Cl2F3N5OS. The number of aromatic nitrogens is 4. The molecule has 0 aliphatic carbocycles. The van der Waals surface area contributed by atoms with E-state index in [1.54, 1.807) is 13.1 Å². The number of hydrogen-bond acceptors (Lipinski definition) is 6. The molecule has 0 radical (unpaired) electrons. The van der Waals surface area contributed by atoms with Crippen LogP contribution < -0.4 is 4.47 Å². The zero-order valence-corrected chi connectivity index (χ0v) is 16.5. The minimum absolute atomic E-state index is 0.181. The van der Waals surface area contributed by atoms with Crippen molar-refractivity contribution in [3.63, 3.8) is 0 Å². The number of anilines is 1. The van der Waals surface area contributed by atoms with E-state index >= 15 is 0 Å². The van der Waals surface area contributed by atoms with Crippen LogP contribution in [-0.2, 0) is 19.6 Å². The Bertz CT molecular complexity index is 999. The summed E-state index contributed by atoms with van der Waals surface area (Å²) in [4.78, 5) is 0.190. The monoisotopic (exact) mass is 449 g/mol. The van der Waals surface area contributed by atoms with Gasteiger partial charge in [-0.1, -0.05) is 29.3 Å². The number of hydrogen-bond donors (Lipinski definition) is 1. The highest BCUT2D eigenvalue weighted by molar-refractivity contribution is 8.00. The molecule has 1 aromatic heterocycles. The molecule has 148 valence electrons. The van der Waals surface area contributed by atoms with E-state index in [1.807, 2.05) is 0 Å². The Morgan fingerprint density at radius 3 is 2.54 bits per heavy atom. The summed E-state index contributed by atoms with van der Waals surface area (Å²) in [7, 11) is 1.65. The predicted octanol–water partition coefficient (Wildman–Crippen LogP) is 5.03. The molecule has 0 fully saturated rings. The van der Waals surface area contributed by atoms with Gasteiger partial charge in [-0.25, -0.2) is 4.68 Å². The zero-order chi connectivity index (χ0) is 20.5. The van der Waals surface area contributed by atoms with E-state index in [0.717, 1.165) is 16.6 Å². The molecule has 0 aliphatic rings. The van der Waals surface area contributed by atoms with Crippen LogP contribution in [0.25, 0.3) is 0 Å². The highest BCUT2D eigenvalue weighted by Gasteiger charge is 2.30. The average Bonchev–Trinajstić information content (AvgIpc) is 3.02. The fourth-order valence-corrected chi connectivity index (χ4v) is 3.47. The molecule has 0 atom stereocenters. The van der Waals surface area contributed by atoms with Crippen LogP contribution in [0.15, 0.2) is 41.3 Å². The van der Waals surface area contributed by atoms with Gasteiger partial charge in [0, 0.05) is 30.3 Å². The predicted molar refractivity (Wildman–Crippen MR) is 99.6 cm³/mol. The van der Waals surface area contributed by atoms with Crippen molar-refractivity contribution in [1.29, 1.82) is 0 Å². The highest BCUT2D eigenvalue weighted by Crippen LogP contribution is 2.37. The second-order valence-electron chi connectivity index (χ2n) is 5.68. The topological polar surface area (TPSA) is 67.1 Å². The molecule has 2 aromatic carbocycles. The summed E-state index contributed by atoms with van der Waals surface area (Å²) in [6, 6.07) is 7.58. The fourth-order valence-electron chi connectivity index (χ4n) is 2.34. The lowest BCUT2D eigenvalue weighted by Gasteiger charge is -2.20. The third-order valence-electron chi connectivity index (χ3n) is 3.74. The maximum absolute atomic E-state index is 12.9. The van der Waals surface area contributed by atoms with Gasteiger partial charge in [0.25, 0.3) is 0 Å². The molecular weight excluding hydrogens is 438 g/mol. The molecule has 0 saturated heterocycles. The standard InChI is InChI=1S/C16H12Cl2F3N5OS/c1-25-15(22-23-24-25)6-9-5-12(17)13(18)8-14(9)26(27)28-11-4-2-3-10(7-11)16(19,20)21/h2-5,7-8,27H,6H2,1H3. The first-order chi connectivity index (χ1) is 13.1. The van der Waals surface area contributed by atoms with Crippen LogP contribution in [0, 0.1) is 0 Å². The Balaban J connectivity index is 1.92. The first-order valence-corrected chi connectivity index (χ1v) is 9.21. The normalized spacial score (nSPS) is 11.7. The molecule has 0 saturated carbocycles. The third kappa shape index (κ3) is 4.69. The van der Waals surface area contributed by atoms with Crippen LogP contribution in [0.2, 0.25) is 10.0 Å². The zero-order valence-electron chi connectivity index (χ0n) is 14.2. The van der Waals surface area contributed by atoms with Crippen molar-refractivity contribution in [1.82, 2.24) is 20.2 Å². The maximum Gasteiger partial charge on any atom is 0.416 e. The molecule has 3 aromatic rings. The molecule has 1 heterocycles. The van der Waals surface area contributed by atoms with E-state index in [4.69, 9.17) is 23.2 Å². The van der Waals surface area contributed by atoms with Gasteiger partial charge < -0.3 is 0 Å². The van der Waals surface area contributed by atoms with Crippen molar-refractivity contribution in [2.24, 2.45) is 7.05 Å². The van der Waals surface area contributed by atoms with Gasteiger partial charge in [-0.3, -0.25) is 5.21 Å². The molecule has 6 nitrogen and oxygen atoms in total. The molecule has 12 heteroatoms. The lowest BCUT2D eigenvalue weighted by molar-refractivity contribution is -0.137. The van der Waals surface area contributed by atoms with Gasteiger partial charge in [-0.15, -0.1) is 5.10 Å². The van der Waals surface area contributed by atoms with Crippen molar-refractivity contribution in [2.75, 3.05) is 4.47 Å². The number of nitrogens with zero attached hydrogens (tertiary/aromatic N) is 5. The minimum atomic E-state index is -4.48. The van der Waals surface area contributed by atoms with Crippen LogP contribution in [0.3, 0.4) is 0 Å². The number of aryl methyl sites for hydroxylation is 1. The van der Waals surface area contributed by atoms with Gasteiger partial charge in [0.05, 0.1) is 21.3 Å². The van der Waals surface area contributed by atoms with E-state index in [2.05, 4.69) is 15.5 Å². The SMILES string of the molecule is Cn1nnnc1Cc1cc(Cl)c(Cl)cc1N(O)Sc1cccc(C(F)(F)F)c1. The summed E-state index contributed by atoms with van der Waals surface area (Å²) in [6.45, 7) is 0. The fraction of sp³-hybridized carbons (Fsp3) is 0.188. The summed E-state index contributed by atoms with van der Waals surface area (Å²) < 4.78 is 40.9. The van der Waals surface area contributed by atoms with Gasteiger partial charge in [0.2, 0.25) is 0 Å². The highest BCUT2D eigenvalue weighted by atomic mass is 35.5. The number of halogens is 5. The third-order valence-corrected chi connectivity index (χ3v) is 5.29. The molecule has 0 amide bonds. The molecule has 0 unspecified atom stereocenters. The van der Waals surface area contributed by atoms with Crippen LogP contribution in [0.1, 0.15) is 17.0 Å². The maximum atomic E-state index is 12.9. The van der Waals surface area contributed by atoms with Gasteiger partial charge >= 0.3 is 6.18 Å². The molecule has 0 spiro atoms. The van der Waals surface area contributed by atoms with Gasteiger partial charge in [-0.05, 0) is 46.3 Å². The number of tetrazole rings is 1. The largest absolute Gasteiger partial charge is 0.416 e. The first-order valence-electron chi connectivity index (χ1n) is 7.68.